The number of aromatic nitrogens is 4. The molecule has 148 valence electrons. The van der Waals surface area contributed by atoms with Crippen LogP contribution in [0.3, 0.4) is 0 Å². The fraction of sp³-hybridized carbons (Fsp3) is 0.160. The summed E-state index contributed by atoms with van der Waals surface area (Å²) < 4.78 is 3.80. The summed E-state index contributed by atoms with van der Waals surface area (Å²) in [4.78, 5) is 17.1. The Morgan fingerprint density at radius 2 is 1.83 bits per heavy atom. The van der Waals surface area contributed by atoms with E-state index in [0.717, 1.165) is 49.6 Å². The summed E-state index contributed by atoms with van der Waals surface area (Å²) in [6, 6.07) is 14.7. The Kier molecular flexibility index (Phi) is 4.24. The first-order valence-electron chi connectivity index (χ1n) is 10.1. The van der Waals surface area contributed by atoms with E-state index in [4.69, 9.17) is 4.98 Å². The fourth-order valence-corrected chi connectivity index (χ4v) is 4.11. The standard InChI is InChI=1S/C25H22N4O/c1-4-25(30)22-15-28(2)24-9-8-17(10-20(22)24)19-7-5-6-16-11-23(26-13-21(16)19)18-12-27-29(3)14-18/h5-15H,4H2,1-3H3. The molecule has 2 aromatic carbocycles. The Labute approximate surface area is 174 Å². The van der Waals surface area contributed by atoms with Crippen molar-refractivity contribution in [3.05, 3.63) is 72.8 Å². The minimum Gasteiger partial charge on any atom is -0.350 e. The molecule has 0 bridgehead atoms. The number of nitrogens with zero attached hydrogens (tertiary/aromatic N) is 4. The Morgan fingerprint density at radius 1 is 0.967 bits per heavy atom. The predicted molar refractivity (Wildman–Crippen MR) is 120 cm³/mol. The zero-order chi connectivity index (χ0) is 20.8. The Balaban J connectivity index is 1.67. The molecule has 3 aromatic heterocycles. The average Bonchev–Trinajstić information content (AvgIpc) is 3.35. The van der Waals surface area contributed by atoms with E-state index in [2.05, 4.69) is 47.6 Å². The van der Waals surface area contributed by atoms with Gasteiger partial charge in [-0.2, -0.15) is 5.10 Å². The summed E-state index contributed by atoms with van der Waals surface area (Å²) in [6.07, 6.45) is 8.16. The summed E-state index contributed by atoms with van der Waals surface area (Å²) >= 11 is 0. The number of hydrogen-bond acceptors (Lipinski definition) is 3. The second-order valence-electron chi connectivity index (χ2n) is 7.66. The largest absolute Gasteiger partial charge is 0.350 e. The monoisotopic (exact) mass is 394 g/mol. The third-order valence-corrected chi connectivity index (χ3v) is 5.69. The molecule has 0 radical (unpaired) electrons. The quantitative estimate of drug-likeness (QED) is 0.384. The van der Waals surface area contributed by atoms with E-state index in [0.29, 0.717) is 6.42 Å². The molecule has 0 N–H and O–H groups in total. The van der Waals surface area contributed by atoms with Crippen LogP contribution in [-0.4, -0.2) is 25.1 Å². The molecule has 0 amide bonds. The molecule has 0 saturated carbocycles. The highest BCUT2D eigenvalue weighted by atomic mass is 16.1. The highest BCUT2D eigenvalue weighted by molar-refractivity contribution is 6.09. The second-order valence-corrected chi connectivity index (χ2v) is 7.66. The number of rotatable bonds is 4. The molecular weight excluding hydrogens is 372 g/mol. The lowest BCUT2D eigenvalue weighted by Crippen LogP contribution is -1.94. The first-order valence-corrected chi connectivity index (χ1v) is 10.1. The lowest BCUT2D eigenvalue weighted by molar-refractivity contribution is 0.0989. The van der Waals surface area contributed by atoms with E-state index in [9.17, 15) is 4.79 Å². The number of hydrogen-bond donors (Lipinski definition) is 0. The van der Waals surface area contributed by atoms with Gasteiger partial charge in [-0.15, -0.1) is 0 Å². The lowest BCUT2D eigenvalue weighted by atomic mass is 9.96. The molecule has 3 heterocycles. The van der Waals surface area contributed by atoms with Gasteiger partial charge in [0.05, 0.1) is 11.9 Å². The van der Waals surface area contributed by atoms with Crippen molar-refractivity contribution in [1.82, 2.24) is 19.3 Å². The third-order valence-electron chi connectivity index (χ3n) is 5.69. The highest BCUT2D eigenvalue weighted by Gasteiger charge is 2.14. The van der Waals surface area contributed by atoms with Gasteiger partial charge in [0.2, 0.25) is 0 Å². The third kappa shape index (κ3) is 2.90. The molecule has 30 heavy (non-hydrogen) atoms. The van der Waals surface area contributed by atoms with Crippen LogP contribution in [0, 0.1) is 0 Å². The van der Waals surface area contributed by atoms with Crippen molar-refractivity contribution in [2.45, 2.75) is 13.3 Å². The molecule has 0 unspecified atom stereocenters. The Hall–Kier alpha value is -3.73. The van der Waals surface area contributed by atoms with Crippen LogP contribution in [0.15, 0.2) is 67.3 Å². The van der Waals surface area contributed by atoms with Crippen molar-refractivity contribution in [2.75, 3.05) is 0 Å². The zero-order valence-electron chi connectivity index (χ0n) is 17.3. The molecule has 0 saturated heterocycles. The number of carbonyl (C=O) groups is 1. The van der Waals surface area contributed by atoms with Crippen LogP contribution >= 0.6 is 0 Å². The van der Waals surface area contributed by atoms with E-state index in [1.807, 2.05) is 50.4 Å². The fourth-order valence-electron chi connectivity index (χ4n) is 4.11. The van der Waals surface area contributed by atoms with Crippen molar-refractivity contribution >= 4 is 27.5 Å². The molecule has 0 aliphatic carbocycles. The van der Waals surface area contributed by atoms with Crippen LogP contribution in [0.5, 0.6) is 0 Å². The summed E-state index contributed by atoms with van der Waals surface area (Å²) in [5.74, 6) is 0.165. The first-order chi connectivity index (χ1) is 14.5. The number of fused-ring (bicyclic) bond motifs is 2. The molecule has 0 fully saturated rings. The number of pyridine rings is 1. The van der Waals surface area contributed by atoms with Gasteiger partial charge in [-0.3, -0.25) is 14.5 Å². The van der Waals surface area contributed by atoms with Crippen LogP contribution in [0.1, 0.15) is 23.7 Å². The van der Waals surface area contributed by atoms with Crippen LogP contribution in [0.4, 0.5) is 0 Å². The molecule has 0 aliphatic rings. The molecule has 0 aliphatic heterocycles. The van der Waals surface area contributed by atoms with Crippen molar-refractivity contribution < 1.29 is 4.79 Å². The van der Waals surface area contributed by atoms with Gasteiger partial charge >= 0.3 is 0 Å². The van der Waals surface area contributed by atoms with Gasteiger partial charge in [0.1, 0.15) is 0 Å². The highest BCUT2D eigenvalue weighted by Crippen LogP contribution is 2.33. The maximum atomic E-state index is 12.4. The predicted octanol–water partition coefficient (Wildman–Crippen LogP) is 5.39. The molecule has 5 heteroatoms. The van der Waals surface area contributed by atoms with Gasteiger partial charge in [-0.25, -0.2) is 0 Å². The topological polar surface area (TPSA) is 52.7 Å². The summed E-state index contributed by atoms with van der Waals surface area (Å²) in [5, 5.41) is 7.46. The van der Waals surface area contributed by atoms with E-state index in [1.54, 1.807) is 4.68 Å². The molecule has 0 atom stereocenters. The molecule has 0 spiro atoms. The minimum absolute atomic E-state index is 0.165. The number of Topliss-reactive ketones (excluding diaryl/α,β-unsaturated/α-hetero) is 1. The van der Waals surface area contributed by atoms with Crippen molar-refractivity contribution in [1.29, 1.82) is 0 Å². The van der Waals surface area contributed by atoms with Crippen LogP contribution < -0.4 is 0 Å². The summed E-state index contributed by atoms with van der Waals surface area (Å²) in [7, 11) is 3.89. The van der Waals surface area contributed by atoms with E-state index in [1.165, 1.54) is 0 Å². The first kappa shape index (κ1) is 18.3. The van der Waals surface area contributed by atoms with E-state index < -0.39 is 0 Å². The van der Waals surface area contributed by atoms with Crippen molar-refractivity contribution in [3.63, 3.8) is 0 Å². The van der Waals surface area contributed by atoms with Crippen LogP contribution in [-0.2, 0) is 14.1 Å². The van der Waals surface area contributed by atoms with E-state index >= 15 is 0 Å². The zero-order valence-corrected chi connectivity index (χ0v) is 17.3. The maximum absolute atomic E-state index is 12.4. The SMILES string of the molecule is CCC(=O)c1cn(C)c2ccc(-c3cccc4cc(-c5cnn(C)c5)ncc34)cc12. The number of aryl methyl sites for hydroxylation is 2. The lowest BCUT2D eigenvalue weighted by Gasteiger charge is -2.09. The van der Waals surface area contributed by atoms with Gasteiger partial charge in [-0.05, 0) is 34.7 Å². The van der Waals surface area contributed by atoms with Gasteiger partial charge < -0.3 is 4.57 Å². The van der Waals surface area contributed by atoms with Gasteiger partial charge in [0, 0.05) is 66.5 Å². The molecular formula is C25H22N4O. The number of benzene rings is 2. The van der Waals surface area contributed by atoms with Crippen LogP contribution in [0.2, 0.25) is 0 Å². The van der Waals surface area contributed by atoms with Gasteiger partial charge in [-0.1, -0.05) is 31.2 Å². The Morgan fingerprint density at radius 3 is 2.60 bits per heavy atom. The maximum Gasteiger partial charge on any atom is 0.164 e. The number of carbonyl (C=O) groups excluding carboxylic acids is 1. The van der Waals surface area contributed by atoms with Crippen molar-refractivity contribution in [3.8, 4) is 22.4 Å². The average molecular weight is 394 g/mol. The molecule has 5 nitrogen and oxygen atoms in total. The van der Waals surface area contributed by atoms with Crippen molar-refractivity contribution in [2.24, 2.45) is 14.1 Å². The Bertz CT molecular complexity index is 1420. The van der Waals surface area contributed by atoms with Gasteiger partial charge in [0.25, 0.3) is 0 Å². The normalized spacial score (nSPS) is 11.4. The summed E-state index contributed by atoms with van der Waals surface area (Å²) in [6.45, 7) is 1.90. The summed E-state index contributed by atoms with van der Waals surface area (Å²) in [5.41, 5.74) is 5.95. The second kappa shape index (κ2) is 6.95. The van der Waals surface area contributed by atoms with Crippen LogP contribution in [0.25, 0.3) is 44.1 Å². The smallest absolute Gasteiger partial charge is 0.164 e. The molecule has 5 aromatic rings. The number of ketones is 1. The van der Waals surface area contributed by atoms with Gasteiger partial charge in [0.15, 0.2) is 5.78 Å². The van der Waals surface area contributed by atoms with E-state index in [-0.39, 0.29) is 5.78 Å². The minimum atomic E-state index is 0.165. The molecule has 5 rings (SSSR count).